The van der Waals surface area contributed by atoms with Crippen molar-refractivity contribution in [3.8, 4) is 0 Å². The fraction of sp³-hybridized carbons (Fsp3) is 1.00. The lowest BCUT2D eigenvalue weighted by molar-refractivity contribution is -0.243. The van der Waals surface area contributed by atoms with Gasteiger partial charge in [-0.2, -0.15) is 0 Å². The van der Waals surface area contributed by atoms with E-state index in [1.807, 2.05) is 0 Å². The largest absolute Gasteiger partial charge is 0.387 e. The first-order chi connectivity index (χ1) is 9.12. The molecule has 2 atom stereocenters. The number of piperidine rings is 1. The molecule has 0 aromatic heterocycles. The maximum atomic E-state index is 12.1. The van der Waals surface area contributed by atoms with Gasteiger partial charge in [-0.3, -0.25) is 0 Å². The van der Waals surface area contributed by atoms with Gasteiger partial charge in [-0.15, -0.1) is 0 Å². The van der Waals surface area contributed by atoms with Crippen LogP contribution in [0.25, 0.3) is 0 Å². The number of hydrogen-bond acceptors (Lipinski definition) is 5. The second kappa shape index (κ2) is 5.21. The number of rotatable bonds is 2. The molecule has 118 valence electrons. The summed E-state index contributed by atoms with van der Waals surface area (Å²) in [7, 11) is -3.27. The van der Waals surface area contributed by atoms with Gasteiger partial charge in [-0.25, -0.2) is 12.7 Å². The number of sulfonamides is 1. The first-order valence-corrected chi connectivity index (χ1v) is 8.65. The molecule has 7 heteroatoms. The van der Waals surface area contributed by atoms with E-state index < -0.39 is 32.6 Å². The Labute approximate surface area is 120 Å². The highest BCUT2D eigenvalue weighted by Gasteiger charge is 2.53. The van der Waals surface area contributed by atoms with Gasteiger partial charge in [-0.1, -0.05) is 0 Å². The van der Waals surface area contributed by atoms with Crippen molar-refractivity contribution in [2.75, 3.05) is 19.7 Å². The van der Waals surface area contributed by atoms with E-state index in [1.165, 1.54) is 4.31 Å². The first-order valence-electron chi connectivity index (χ1n) is 7.15. The van der Waals surface area contributed by atoms with Crippen LogP contribution in [0.3, 0.4) is 0 Å². The second-order valence-electron chi connectivity index (χ2n) is 6.42. The van der Waals surface area contributed by atoms with Crippen LogP contribution in [0.5, 0.6) is 0 Å². The number of aliphatic hydroxyl groups excluding tert-OH is 1. The summed E-state index contributed by atoms with van der Waals surface area (Å²) in [5.74, 6) is 0. The van der Waals surface area contributed by atoms with E-state index in [9.17, 15) is 18.6 Å². The highest BCUT2D eigenvalue weighted by Crippen LogP contribution is 2.40. The maximum absolute atomic E-state index is 12.1. The van der Waals surface area contributed by atoms with E-state index in [1.54, 1.807) is 20.8 Å². The third-order valence-corrected chi connectivity index (χ3v) is 6.89. The van der Waals surface area contributed by atoms with Crippen molar-refractivity contribution in [1.82, 2.24) is 4.31 Å². The minimum atomic E-state index is -3.27. The topological polar surface area (TPSA) is 87.1 Å². The van der Waals surface area contributed by atoms with Crippen molar-refractivity contribution >= 4 is 10.0 Å². The molecule has 2 aliphatic rings. The summed E-state index contributed by atoms with van der Waals surface area (Å²) in [6, 6.07) is 0. The van der Waals surface area contributed by atoms with Crippen LogP contribution in [0.1, 0.15) is 40.0 Å². The van der Waals surface area contributed by atoms with Crippen molar-refractivity contribution in [1.29, 1.82) is 0 Å². The predicted molar refractivity (Wildman–Crippen MR) is 74.8 cm³/mol. The molecule has 1 spiro atoms. The van der Waals surface area contributed by atoms with E-state index in [2.05, 4.69) is 0 Å². The van der Waals surface area contributed by atoms with Crippen molar-refractivity contribution in [3.63, 3.8) is 0 Å². The molecule has 0 aromatic rings. The molecule has 0 aromatic carbocycles. The minimum absolute atomic E-state index is 0.327. The molecule has 2 saturated heterocycles. The molecule has 6 nitrogen and oxygen atoms in total. The van der Waals surface area contributed by atoms with Crippen LogP contribution in [0.2, 0.25) is 0 Å². The molecule has 2 rings (SSSR count). The molecule has 0 radical (unpaired) electrons. The molecule has 2 N–H and O–H groups in total. The normalized spacial score (nSPS) is 35.6. The van der Waals surface area contributed by atoms with Crippen LogP contribution in [-0.4, -0.2) is 65.2 Å². The fourth-order valence-electron chi connectivity index (χ4n) is 3.08. The predicted octanol–water partition coefficient (Wildman–Crippen LogP) is 0.0914. The van der Waals surface area contributed by atoms with E-state index in [0.29, 0.717) is 39.0 Å². The molecule has 2 heterocycles. The van der Waals surface area contributed by atoms with Gasteiger partial charge in [0, 0.05) is 19.5 Å². The molecular formula is C13H25NO5S. The van der Waals surface area contributed by atoms with Gasteiger partial charge in [0.15, 0.2) is 0 Å². The summed E-state index contributed by atoms with van der Waals surface area (Å²) in [4.78, 5) is 0. The van der Waals surface area contributed by atoms with Gasteiger partial charge >= 0.3 is 0 Å². The van der Waals surface area contributed by atoms with Crippen LogP contribution >= 0.6 is 0 Å². The third-order valence-electron chi connectivity index (χ3n) is 4.61. The average Bonchev–Trinajstić information content (AvgIpc) is 2.36. The number of ether oxygens (including phenoxy) is 1. The maximum Gasteiger partial charge on any atom is 0.216 e. The molecule has 20 heavy (non-hydrogen) atoms. The average molecular weight is 307 g/mol. The van der Waals surface area contributed by atoms with Crippen LogP contribution in [-0.2, 0) is 14.8 Å². The zero-order valence-corrected chi connectivity index (χ0v) is 13.2. The first kappa shape index (κ1) is 16.2. The summed E-state index contributed by atoms with van der Waals surface area (Å²) < 4.78 is 31.5. The lowest BCUT2D eigenvalue weighted by Crippen LogP contribution is -2.64. The van der Waals surface area contributed by atoms with Crippen LogP contribution in [0.4, 0.5) is 0 Å². The van der Waals surface area contributed by atoms with Gasteiger partial charge in [0.1, 0.15) is 6.10 Å². The smallest absolute Gasteiger partial charge is 0.216 e. The fourth-order valence-corrected chi connectivity index (χ4v) is 4.37. The van der Waals surface area contributed by atoms with E-state index in [0.717, 1.165) is 0 Å². The van der Waals surface area contributed by atoms with Crippen LogP contribution in [0.15, 0.2) is 0 Å². The van der Waals surface area contributed by atoms with Gasteiger partial charge in [0.25, 0.3) is 0 Å². The minimum Gasteiger partial charge on any atom is -0.387 e. The summed E-state index contributed by atoms with van der Waals surface area (Å²) in [5.41, 5.74) is -1.98. The Bertz CT molecular complexity index is 451. The highest BCUT2D eigenvalue weighted by molar-refractivity contribution is 7.89. The van der Waals surface area contributed by atoms with E-state index >= 15 is 0 Å². The Kier molecular flexibility index (Phi) is 4.21. The molecule has 0 unspecified atom stereocenters. The zero-order chi connectivity index (χ0) is 15.2. The lowest BCUT2D eigenvalue weighted by Gasteiger charge is -2.51. The molecule has 2 aliphatic heterocycles. The van der Waals surface area contributed by atoms with Gasteiger partial charge in [-0.05, 0) is 33.6 Å². The zero-order valence-electron chi connectivity index (χ0n) is 12.4. The molecular weight excluding hydrogens is 282 g/mol. The number of aliphatic hydroxyl groups is 2. The number of hydrogen-bond donors (Lipinski definition) is 2. The van der Waals surface area contributed by atoms with Crippen LogP contribution < -0.4 is 0 Å². The Balaban J connectivity index is 2.11. The van der Waals surface area contributed by atoms with E-state index in [4.69, 9.17) is 4.74 Å². The van der Waals surface area contributed by atoms with Gasteiger partial charge in [0.05, 0.1) is 23.1 Å². The van der Waals surface area contributed by atoms with Gasteiger partial charge < -0.3 is 14.9 Å². The van der Waals surface area contributed by atoms with Crippen LogP contribution in [0, 0.1) is 0 Å². The van der Waals surface area contributed by atoms with Gasteiger partial charge in [0.2, 0.25) is 10.0 Å². The Morgan fingerprint density at radius 1 is 1.25 bits per heavy atom. The molecule has 0 bridgehead atoms. The van der Waals surface area contributed by atoms with Crippen molar-refractivity contribution in [3.05, 3.63) is 0 Å². The SMILES string of the molecule is CC(C)S(=O)(=O)N1CCC2(CC1)OCC[C@@](C)(O)[C@@H]2O. The van der Waals surface area contributed by atoms with Crippen molar-refractivity contribution < 1.29 is 23.4 Å². The third kappa shape index (κ3) is 2.62. The van der Waals surface area contributed by atoms with E-state index in [-0.39, 0.29) is 0 Å². The quantitative estimate of drug-likeness (QED) is 0.755. The summed E-state index contributed by atoms with van der Waals surface area (Å²) in [6.07, 6.45) is 0.240. The van der Waals surface area contributed by atoms with Crippen molar-refractivity contribution in [2.45, 2.75) is 62.6 Å². The Morgan fingerprint density at radius 3 is 2.30 bits per heavy atom. The molecule has 0 aliphatic carbocycles. The standard InChI is InChI=1S/C13H25NO5S/c1-10(2)20(17,18)14-7-4-13(5-8-14)11(15)12(3,16)6-9-19-13/h10-11,15-16H,4-9H2,1-3H3/t11-,12+/m0/s1. The molecule has 0 saturated carbocycles. The highest BCUT2D eigenvalue weighted by atomic mass is 32.2. The molecule has 2 fully saturated rings. The Hall–Kier alpha value is -0.210. The molecule has 0 amide bonds. The lowest BCUT2D eigenvalue weighted by atomic mass is 9.75. The monoisotopic (exact) mass is 307 g/mol. The second-order valence-corrected chi connectivity index (χ2v) is 8.90. The summed E-state index contributed by atoms with van der Waals surface area (Å²) in [6.45, 7) is 5.98. The van der Waals surface area contributed by atoms with Crippen molar-refractivity contribution in [2.24, 2.45) is 0 Å². The Morgan fingerprint density at radius 2 is 1.80 bits per heavy atom. The summed E-state index contributed by atoms with van der Waals surface area (Å²) >= 11 is 0. The number of nitrogens with zero attached hydrogens (tertiary/aromatic N) is 1. The summed E-state index contributed by atoms with van der Waals surface area (Å²) in [5, 5.41) is 20.1.